The van der Waals surface area contributed by atoms with Gasteiger partial charge in [-0.25, -0.2) is 4.68 Å². The van der Waals surface area contributed by atoms with Crippen LogP contribution in [0.25, 0.3) is 11.3 Å². The second-order valence-electron chi connectivity index (χ2n) is 7.11. The summed E-state index contributed by atoms with van der Waals surface area (Å²) in [7, 11) is 0. The molecule has 0 radical (unpaired) electrons. The van der Waals surface area contributed by atoms with Gasteiger partial charge in [0.05, 0.1) is 28.5 Å². The van der Waals surface area contributed by atoms with Crippen LogP contribution in [0.3, 0.4) is 0 Å². The molecule has 1 aromatic heterocycles. The first-order valence-corrected chi connectivity index (χ1v) is 10.6. The van der Waals surface area contributed by atoms with Gasteiger partial charge in [0.15, 0.2) is 11.5 Å². The zero-order valence-electron chi connectivity index (χ0n) is 17.5. The van der Waals surface area contributed by atoms with Crippen LogP contribution in [0.2, 0.25) is 0 Å². The van der Waals surface area contributed by atoms with Crippen LogP contribution >= 0.6 is 11.3 Å². The molecule has 0 bridgehead atoms. The minimum atomic E-state index is -2.92. The molecule has 0 amide bonds. The summed E-state index contributed by atoms with van der Waals surface area (Å²) in [6.07, 6.45) is 1.35. The molecule has 172 valence electrons. The molecule has 0 saturated heterocycles. The van der Waals surface area contributed by atoms with Gasteiger partial charge in [0.2, 0.25) is 11.6 Å². The van der Waals surface area contributed by atoms with Gasteiger partial charge in [-0.1, -0.05) is 0 Å². The molecule has 0 spiro atoms. The van der Waals surface area contributed by atoms with Crippen molar-refractivity contribution in [2.45, 2.75) is 26.5 Å². The summed E-state index contributed by atoms with van der Waals surface area (Å²) in [5.41, 5.74) is 1.35. The molecule has 1 aliphatic heterocycles. The van der Waals surface area contributed by atoms with Gasteiger partial charge in [0.25, 0.3) is 5.69 Å². The molecular weight excluding hydrogens is 458 g/mol. The normalized spacial score (nSPS) is 13.5. The molecule has 2 aromatic carbocycles. The van der Waals surface area contributed by atoms with Gasteiger partial charge < -0.3 is 14.2 Å². The summed E-state index contributed by atoms with van der Waals surface area (Å²) < 4.78 is 41.4. The Bertz CT molecular complexity index is 1270. The van der Waals surface area contributed by atoms with Crippen molar-refractivity contribution in [2.75, 3.05) is 6.79 Å². The van der Waals surface area contributed by atoms with E-state index < -0.39 is 11.5 Å². The van der Waals surface area contributed by atoms with Crippen LogP contribution in [0, 0.1) is 10.1 Å². The number of halogens is 2. The number of fused-ring (bicyclic) bond motifs is 1. The first kappa shape index (κ1) is 22.4. The molecule has 9 nitrogen and oxygen atoms in total. The number of hydrogen-bond donors (Lipinski definition) is 0. The molecule has 0 saturated carbocycles. The van der Waals surface area contributed by atoms with Crippen molar-refractivity contribution < 1.29 is 27.9 Å². The molecule has 3 aromatic rings. The van der Waals surface area contributed by atoms with E-state index in [1.165, 1.54) is 41.8 Å². The summed E-state index contributed by atoms with van der Waals surface area (Å²) in [5.74, 6) is 0.714. The number of alkyl halides is 2. The van der Waals surface area contributed by atoms with Crippen LogP contribution in [0.1, 0.15) is 19.4 Å². The number of nitro benzene ring substituents is 1. The average Bonchev–Trinajstić information content (AvgIpc) is 3.37. The van der Waals surface area contributed by atoms with E-state index in [-0.39, 0.29) is 29.8 Å². The van der Waals surface area contributed by atoms with E-state index in [1.54, 1.807) is 16.8 Å². The quantitative estimate of drug-likeness (QED) is 0.281. The smallest absolute Gasteiger partial charge is 0.387 e. The van der Waals surface area contributed by atoms with E-state index in [1.807, 2.05) is 19.2 Å². The predicted molar refractivity (Wildman–Crippen MR) is 117 cm³/mol. The van der Waals surface area contributed by atoms with E-state index in [0.717, 1.165) is 0 Å². The minimum Gasteiger partial charge on any atom is -0.454 e. The fourth-order valence-electron chi connectivity index (χ4n) is 3.05. The highest BCUT2D eigenvalue weighted by atomic mass is 32.1. The maximum Gasteiger partial charge on any atom is 0.387 e. The average molecular weight is 476 g/mol. The summed E-state index contributed by atoms with van der Waals surface area (Å²) in [4.78, 5) is 16.1. The number of aromatic nitrogens is 1. The van der Waals surface area contributed by atoms with Gasteiger partial charge in [0, 0.05) is 17.0 Å². The van der Waals surface area contributed by atoms with Crippen LogP contribution in [-0.2, 0) is 0 Å². The van der Waals surface area contributed by atoms with E-state index in [2.05, 4.69) is 14.8 Å². The Morgan fingerprint density at radius 3 is 2.55 bits per heavy atom. The molecule has 4 rings (SSSR count). The molecule has 0 aliphatic carbocycles. The Labute approximate surface area is 190 Å². The highest BCUT2D eigenvalue weighted by Gasteiger charge is 2.22. The third-order valence-electron chi connectivity index (χ3n) is 4.46. The third kappa shape index (κ3) is 5.00. The molecule has 0 N–H and O–H groups in total. The van der Waals surface area contributed by atoms with Gasteiger partial charge >= 0.3 is 6.61 Å². The summed E-state index contributed by atoms with van der Waals surface area (Å²) in [5, 5.41) is 17.8. The Hall–Kier alpha value is -3.80. The second kappa shape index (κ2) is 9.36. The fraction of sp³-hybridized carbons (Fsp3) is 0.238. The summed E-state index contributed by atoms with van der Waals surface area (Å²) >= 11 is 1.33. The number of hydrogen-bond acceptors (Lipinski definition) is 8. The van der Waals surface area contributed by atoms with Crippen molar-refractivity contribution in [3.05, 3.63) is 62.3 Å². The van der Waals surface area contributed by atoms with Gasteiger partial charge in [-0.05, 0) is 44.2 Å². The van der Waals surface area contributed by atoms with Crippen molar-refractivity contribution >= 4 is 23.2 Å². The lowest BCUT2D eigenvalue weighted by Crippen LogP contribution is -2.14. The maximum absolute atomic E-state index is 12.4. The molecule has 33 heavy (non-hydrogen) atoms. The Balaban J connectivity index is 1.77. The lowest BCUT2D eigenvalue weighted by molar-refractivity contribution is -0.385. The molecule has 12 heteroatoms. The lowest BCUT2D eigenvalue weighted by atomic mass is 10.1. The van der Waals surface area contributed by atoms with Crippen molar-refractivity contribution in [2.24, 2.45) is 10.1 Å². The van der Waals surface area contributed by atoms with Gasteiger partial charge in [-0.3, -0.25) is 15.1 Å². The second-order valence-corrected chi connectivity index (χ2v) is 7.94. The standard InChI is InChI=1S/C21H18F2N4O5S/c1-12(2)25-21-26(17(10-33-21)13-3-5-15(6-4-13)32-20(22)23)24-9-14-7-18-19(31-11-30-18)8-16(14)27(28)29/h3-10,12,20H,11H2,1-2H3. The molecule has 1 aliphatic rings. The van der Waals surface area contributed by atoms with Crippen molar-refractivity contribution in [3.8, 4) is 28.5 Å². The first-order valence-electron chi connectivity index (χ1n) is 9.74. The van der Waals surface area contributed by atoms with Crippen LogP contribution < -0.4 is 19.0 Å². The van der Waals surface area contributed by atoms with E-state index in [4.69, 9.17) is 9.47 Å². The van der Waals surface area contributed by atoms with Crippen molar-refractivity contribution in [3.63, 3.8) is 0 Å². The largest absolute Gasteiger partial charge is 0.454 e. The van der Waals surface area contributed by atoms with Crippen LogP contribution in [0.15, 0.2) is 51.9 Å². The van der Waals surface area contributed by atoms with Crippen LogP contribution in [0.5, 0.6) is 17.2 Å². The Morgan fingerprint density at radius 1 is 1.21 bits per heavy atom. The van der Waals surface area contributed by atoms with E-state index in [9.17, 15) is 18.9 Å². The molecular formula is C21H18F2N4O5S. The molecule has 2 heterocycles. The van der Waals surface area contributed by atoms with E-state index >= 15 is 0 Å². The number of nitro groups is 1. The zero-order valence-corrected chi connectivity index (χ0v) is 18.3. The number of benzene rings is 2. The number of nitrogens with zero attached hydrogens (tertiary/aromatic N) is 4. The SMILES string of the molecule is CC(C)N=c1scc(-c2ccc(OC(F)F)cc2)n1N=Cc1cc2c(cc1[N+](=O)[O-])OCO2. The third-order valence-corrected chi connectivity index (χ3v) is 5.29. The van der Waals surface area contributed by atoms with Gasteiger partial charge in [0.1, 0.15) is 5.75 Å². The van der Waals surface area contributed by atoms with Crippen molar-refractivity contribution in [1.82, 2.24) is 4.68 Å². The monoisotopic (exact) mass is 476 g/mol. The Morgan fingerprint density at radius 2 is 1.91 bits per heavy atom. The lowest BCUT2D eigenvalue weighted by Gasteiger charge is -2.07. The first-order chi connectivity index (χ1) is 15.8. The van der Waals surface area contributed by atoms with Gasteiger partial charge in [-0.15, -0.1) is 11.3 Å². The van der Waals surface area contributed by atoms with Crippen molar-refractivity contribution in [1.29, 1.82) is 0 Å². The molecule has 0 fully saturated rings. The number of thiazole rings is 1. The summed E-state index contributed by atoms with van der Waals surface area (Å²) in [6.45, 7) is 0.888. The highest BCUT2D eigenvalue weighted by Crippen LogP contribution is 2.37. The van der Waals surface area contributed by atoms with E-state index in [0.29, 0.717) is 27.6 Å². The van der Waals surface area contributed by atoms with Gasteiger partial charge in [-0.2, -0.15) is 13.9 Å². The molecule has 0 unspecified atom stereocenters. The highest BCUT2D eigenvalue weighted by molar-refractivity contribution is 7.07. The maximum atomic E-state index is 12.4. The fourth-order valence-corrected chi connectivity index (χ4v) is 4.02. The Kier molecular flexibility index (Phi) is 6.36. The van der Waals surface area contributed by atoms with Crippen LogP contribution in [0.4, 0.5) is 14.5 Å². The minimum absolute atomic E-state index is 0.0147. The molecule has 0 atom stereocenters. The number of rotatable bonds is 7. The predicted octanol–water partition coefficient (Wildman–Crippen LogP) is 4.65. The topological polar surface area (TPSA) is 100 Å². The zero-order chi connectivity index (χ0) is 23.5. The van der Waals surface area contributed by atoms with Crippen LogP contribution in [-0.4, -0.2) is 35.3 Å². The summed E-state index contributed by atoms with van der Waals surface area (Å²) in [6, 6.07) is 8.85. The number of ether oxygens (including phenoxy) is 3.